The van der Waals surface area contributed by atoms with Crippen LogP contribution in [0.5, 0.6) is 0 Å². The second-order valence-electron chi connectivity index (χ2n) is 3.02. The van der Waals surface area contributed by atoms with Crippen molar-refractivity contribution in [3.05, 3.63) is 26.8 Å². The molecule has 78 valence electrons. The van der Waals surface area contributed by atoms with Gasteiger partial charge >= 0.3 is 6.98 Å². The molecule has 0 aromatic heterocycles. The van der Waals surface area contributed by atoms with E-state index in [1.54, 1.807) is 6.92 Å². The first-order valence-corrected chi connectivity index (χ1v) is 5.67. The van der Waals surface area contributed by atoms with Crippen molar-refractivity contribution in [2.24, 2.45) is 0 Å². The van der Waals surface area contributed by atoms with Crippen LogP contribution in [0.2, 0.25) is 0 Å². The Morgan fingerprint density at radius 3 is 2.36 bits per heavy atom. The maximum atomic E-state index is 12.5. The minimum Gasteiger partial charge on any atom is -0.445 e. The Labute approximate surface area is 99.9 Å². The van der Waals surface area contributed by atoms with Crippen LogP contribution in [0.3, 0.4) is 0 Å². The summed E-state index contributed by atoms with van der Waals surface area (Å²) in [6, 6.07) is 2.37. The van der Waals surface area contributed by atoms with E-state index in [0.717, 1.165) is 5.56 Å². The lowest BCUT2D eigenvalue weighted by Crippen LogP contribution is -2.34. The van der Waals surface area contributed by atoms with Crippen LogP contribution in [0, 0.1) is 10.5 Å². The lowest BCUT2D eigenvalue weighted by atomic mass is 9.79. The van der Waals surface area contributed by atoms with Crippen molar-refractivity contribution in [3.8, 4) is 0 Å². The smallest absolute Gasteiger partial charge is 0.445 e. The molecule has 1 aromatic carbocycles. The van der Waals surface area contributed by atoms with Gasteiger partial charge in [0.15, 0.2) is 0 Å². The van der Waals surface area contributed by atoms with E-state index in [0.29, 0.717) is 14.9 Å². The van der Waals surface area contributed by atoms with E-state index < -0.39 is 12.4 Å². The van der Waals surface area contributed by atoms with Crippen LogP contribution in [0.4, 0.5) is 12.9 Å². The van der Waals surface area contributed by atoms with E-state index >= 15 is 0 Å². The molecule has 0 aliphatic rings. The quantitative estimate of drug-likeness (QED) is 0.481. The summed E-state index contributed by atoms with van der Waals surface area (Å²) < 4.78 is 38.0. The highest BCUT2D eigenvalue weighted by Crippen LogP contribution is 2.19. The third-order valence-corrected chi connectivity index (χ3v) is 3.48. The summed E-state index contributed by atoms with van der Waals surface area (Å²) in [5.41, 5.74) is 0.989. The monoisotopic (exact) mass is 331 g/mol. The van der Waals surface area contributed by atoms with E-state index in [-0.39, 0.29) is 0 Å². The van der Waals surface area contributed by atoms with Gasteiger partial charge in [0.2, 0.25) is 0 Å². The standard InChI is InChI=1S/C8H8BF3IS/c1-5-6(4-14)2-7(3-8(5)13)9(10,11)12/h2-3,14H,4H2,1H3/q-1. The van der Waals surface area contributed by atoms with Crippen LogP contribution in [0.25, 0.3) is 0 Å². The molecule has 0 atom stereocenters. The minimum atomic E-state index is -4.90. The molecule has 0 spiro atoms. The molecule has 0 radical (unpaired) electrons. The van der Waals surface area contributed by atoms with Crippen LogP contribution in [0.1, 0.15) is 11.1 Å². The number of thiol groups is 1. The molecule has 0 unspecified atom stereocenters. The Morgan fingerprint density at radius 1 is 1.36 bits per heavy atom. The Bertz CT molecular complexity index is 351. The van der Waals surface area contributed by atoms with Gasteiger partial charge < -0.3 is 12.9 Å². The first kappa shape index (κ1) is 12.2. The topological polar surface area (TPSA) is 0 Å². The van der Waals surface area contributed by atoms with Gasteiger partial charge in [0, 0.05) is 9.32 Å². The van der Waals surface area contributed by atoms with Crippen LogP contribution in [-0.2, 0) is 5.75 Å². The molecule has 0 saturated carbocycles. The molecule has 0 nitrogen and oxygen atoms in total. The molecule has 0 fully saturated rings. The van der Waals surface area contributed by atoms with Crippen molar-refractivity contribution in [2.45, 2.75) is 12.7 Å². The highest BCUT2D eigenvalue weighted by molar-refractivity contribution is 14.1. The summed E-state index contributed by atoms with van der Waals surface area (Å²) in [5.74, 6) is 0.335. The van der Waals surface area contributed by atoms with Crippen molar-refractivity contribution in [3.63, 3.8) is 0 Å². The minimum absolute atomic E-state index is 0.335. The molecule has 14 heavy (non-hydrogen) atoms. The van der Waals surface area contributed by atoms with Crippen molar-refractivity contribution >= 4 is 47.7 Å². The number of halogens is 4. The molecule has 1 aromatic rings. The molecule has 0 N–H and O–H groups in total. The summed E-state index contributed by atoms with van der Waals surface area (Å²) >= 11 is 5.92. The van der Waals surface area contributed by atoms with Gasteiger partial charge in [-0.1, -0.05) is 12.1 Å². The Balaban J connectivity index is 3.30. The van der Waals surface area contributed by atoms with Gasteiger partial charge in [-0.3, -0.25) is 0 Å². The van der Waals surface area contributed by atoms with Crippen molar-refractivity contribution in [2.75, 3.05) is 0 Å². The summed E-state index contributed by atoms with van der Waals surface area (Å²) in [6.07, 6.45) is 0. The zero-order chi connectivity index (χ0) is 10.9. The predicted octanol–water partition coefficient (Wildman–Crippen LogP) is 3.08. The van der Waals surface area contributed by atoms with E-state index in [9.17, 15) is 12.9 Å². The fourth-order valence-corrected chi connectivity index (χ4v) is 2.15. The molecule has 0 aliphatic heterocycles. The highest BCUT2D eigenvalue weighted by Gasteiger charge is 2.26. The van der Waals surface area contributed by atoms with Crippen LogP contribution >= 0.6 is 35.2 Å². The summed E-state index contributed by atoms with van der Waals surface area (Å²) in [5, 5.41) is 0. The fraction of sp³-hybridized carbons (Fsp3) is 0.250. The van der Waals surface area contributed by atoms with Crippen molar-refractivity contribution in [1.29, 1.82) is 0 Å². The number of benzene rings is 1. The molecule has 0 amide bonds. The normalized spacial score (nSPS) is 11.9. The second-order valence-corrected chi connectivity index (χ2v) is 4.50. The average Bonchev–Trinajstić information content (AvgIpc) is 2.07. The van der Waals surface area contributed by atoms with Gasteiger partial charge in [0.25, 0.3) is 0 Å². The maximum absolute atomic E-state index is 12.5. The zero-order valence-corrected chi connectivity index (χ0v) is 10.5. The second kappa shape index (κ2) is 4.34. The molecule has 0 heterocycles. The maximum Gasteiger partial charge on any atom is 0.509 e. The van der Waals surface area contributed by atoms with E-state index in [4.69, 9.17) is 0 Å². The Kier molecular flexibility index (Phi) is 3.79. The van der Waals surface area contributed by atoms with Crippen LogP contribution in [-0.4, -0.2) is 6.98 Å². The van der Waals surface area contributed by atoms with E-state index in [1.165, 1.54) is 12.1 Å². The Hall–Kier alpha value is 0.155. The molecular weight excluding hydrogens is 323 g/mol. The number of hydrogen-bond acceptors (Lipinski definition) is 1. The molecule has 0 aliphatic carbocycles. The van der Waals surface area contributed by atoms with Gasteiger partial charge in [-0.15, -0.1) is 5.46 Å². The largest absolute Gasteiger partial charge is 0.509 e. The van der Waals surface area contributed by atoms with Gasteiger partial charge in [-0.25, -0.2) is 0 Å². The van der Waals surface area contributed by atoms with Gasteiger partial charge in [-0.05, 0) is 40.6 Å². The van der Waals surface area contributed by atoms with Crippen molar-refractivity contribution in [1.82, 2.24) is 0 Å². The lowest BCUT2D eigenvalue weighted by molar-refractivity contribution is 0.501. The lowest BCUT2D eigenvalue weighted by Gasteiger charge is -2.18. The zero-order valence-electron chi connectivity index (χ0n) is 7.40. The van der Waals surface area contributed by atoms with Crippen LogP contribution in [0.15, 0.2) is 12.1 Å². The summed E-state index contributed by atoms with van der Waals surface area (Å²) in [4.78, 5) is 0. The molecule has 0 saturated heterocycles. The third kappa shape index (κ3) is 2.59. The SMILES string of the molecule is Cc1c(I)cc([B-](F)(F)F)cc1CS. The highest BCUT2D eigenvalue weighted by atomic mass is 127. The van der Waals surface area contributed by atoms with Gasteiger partial charge in [0.05, 0.1) is 0 Å². The van der Waals surface area contributed by atoms with Gasteiger partial charge in [0.1, 0.15) is 0 Å². The van der Waals surface area contributed by atoms with E-state index in [1.807, 2.05) is 22.6 Å². The molecular formula is C8H8BF3IS-. The first-order valence-electron chi connectivity index (χ1n) is 3.96. The van der Waals surface area contributed by atoms with Gasteiger partial charge in [-0.2, -0.15) is 12.6 Å². The van der Waals surface area contributed by atoms with Crippen LogP contribution < -0.4 is 5.46 Å². The number of hydrogen-bond donors (Lipinski definition) is 1. The summed E-state index contributed by atoms with van der Waals surface area (Å²) in [7, 11) is 0. The fourth-order valence-electron chi connectivity index (χ4n) is 1.11. The molecule has 0 bridgehead atoms. The number of rotatable bonds is 2. The summed E-state index contributed by atoms with van der Waals surface area (Å²) in [6.45, 7) is -3.10. The van der Waals surface area contributed by atoms with E-state index in [2.05, 4.69) is 12.6 Å². The molecule has 1 rings (SSSR count). The third-order valence-electron chi connectivity index (χ3n) is 2.02. The average molecular weight is 331 g/mol. The van der Waals surface area contributed by atoms with Crippen molar-refractivity contribution < 1.29 is 12.9 Å². The molecule has 6 heteroatoms. The first-order chi connectivity index (χ1) is 6.36. The Morgan fingerprint density at radius 2 is 1.93 bits per heavy atom. The predicted molar refractivity (Wildman–Crippen MR) is 65.3 cm³/mol.